The van der Waals surface area contributed by atoms with Crippen molar-refractivity contribution < 1.29 is 13.2 Å². The van der Waals surface area contributed by atoms with Crippen LogP contribution in [0.1, 0.15) is 16.1 Å². The highest BCUT2D eigenvalue weighted by Crippen LogP contribution is 2.12. The lowest BCUT2D eigenvalue weighted by atomic mass is 10.2. The Kier molecular flexibility index (Phi) is 4.62. The van der Waals surface area contributed by atoms with Crippen LogP contribution in [0.25, 0.3) is 11.0 Å². The van der Waals surface area contributed by atoms with Gasteiger partial charge in [0.2, 0.25) is 10.0 Å². The number of amides is 1. The fourth-order valence-electron chi connectivity index (χ4n) is 2.30. The Morgan fingerprint density at radius 3 is 2.60 bits per heavy atom. The number of hydrogen-bond acceptors (Lipinski definition) is 5. The standard InChI is InChI=1S/C17H16N4O3S/c1-25(23,24)21-13-6-4-5-12(9-13)10-19-17(22)16-11-18-14-7-2-3-8-15(14)20-16/h2-9,11,21H,10H2,1H3,(H,19,22). The summed E-state index contributed by atoms with van der Waals surface area (Å²) in [5.74, 6) is -0.347. The Morgan fingerprint density at radius 1 is 1.08 bits per heavy atom. The molecule has 0 saturated carbocycles. The van der Waals surface area contributed by atoms with Crippen molar-refractivity contribution >= 4 is 32.7 Å². The first-order valence-corrected chi connectivity index (χ1v) is 9.36. The second-order valence-corrected chi connectivity index (χ2v) is 7.25. The largest absolute Gasteiger partial charge is 0.347 e. The highest BCUT2D eigenvalue weighted by molar-refractivity contribution is 7.92. The van der Waals surface area contributed by atoms with Gasteiger partial charge in [0.05, 0.1) is 23.5 Å². The Morgan fingerprint density at radius 2 is 1.84 bits per heavy atom. The summed E-state index contributed by atoms with van der Waals surface area (Å²) in [6.45, 7) is 0.243. The van der Waals surface area contributed by atoms with E-state index in [1.807, 2.05) is 18.2 Å². The molecule has 0 fully saturated rings. The van der Waals surface area contributed by atoms with Crippen LogP contribution in [0, 0.1) is 0 Å². The van der Waals surface area contributed by atoms with E-state index in [0.717, 1.165) is 17.3 Å². The molecule has 2 N–H and O–H groups in total. The summed E-state index contributed by atoms with van der Waals surface area (Å²) in [7, 11) is -3.34. The summed E-state index contributed by atoms with van der Waals surface area (Å²) >= 11 is 0. The lowest BCUT2D eigenvalue weighted by molar-refractivity contribution is 0.0946. The molecule has 0 bridgehead atoms. The topological polar surface area (TPSA) is 101 Å². The number of nitrogens with zero attached hydrogens (tertiary/aromatic N) is 2. The summed E-state index contributed by atoms with van der Waals surface area (Å²) in [5.41, 5.74) is 2.80. The number of rotatable bonds is 5. The Labute approximate surface area is 145 Å². The number of carbonyl (C=O) groups is 1. The highest BCUT2D eigenvalue weighted by atomic mass is 32.2. The van der Waals surface area contributed by atoms with Gasteiger partial charge in [-0.15, -0.1) is 0 Å². The molecule has 0 spiro atoms. The van der Waals surface area contributed by atoms with Gasteiger partial charge in [0, 0.05) is 12.2 Å². The van der Waals surface area contributed by atoms with E-state index in [4.69, 9.17) is 0 Å². The smallest absolute Gasteiger partial charge is 0.271 e. The molecule has 1 heterocycles. The van der Waals surface area contributed by atoms with Gasteiger partial charge in [-0.05, 0) is 29.8 Å². The predicted octanol–water partition coefficient (Wildman–Crippen LogP) is 1.93. The van der Waals surface area contributed by atoms with Gasteiger partial charge in [0.1, 0.15) is 5.69 Å². The minimum atomic E-state index is -3.34. The number of para-hydroxylation sites is 2. The molecule has 0 aliphatic heterocycles. The second kappa shape index (κ2) is 6.86. The van der Waals surface area contributed by atoms with Crippen molar-refractivity contribution in [2.75, 3.05) is 11.0 Å². The normalized spacial score (nSPS) is 11.2. The first-order valence-electron chi connectivity index (χ1n) is 7.47. The summed E-state index contributed by atoms with van der Waals surface area (Å²) < 4.78 is 24.9. The zero-order valence-corrected chi connectivity index (χ0v) is 14.2. The van der Waals surface area contributed by atoms with Gasteiger partial charge in [0.15, 0.2) is 0 Å². The van der Waals surface area contributed by atoms with Gasteiger partial charge in [-0.25, -0.2) is 13.4 Å². The first-order chi connectivity index (χ1) is 11.9. The van der Waals surface area contributed by atoms with Crippen molar-refractivity contribution in [3.8, 4) is 0 Å². The molecule has 3 rings (SSSR count). The second-order valence-electron chi connectivity index (χ2n) is 5.50. The maximum atomic E-state index is 12.3. The van der Waals surface area contributed by atoms with Crippen LogP contribution in [0.5, 0.6) is 0 Å². The number of hydrogen-bond donors (Lipinski definition) is 2. The van der Waals surface area contributed by atoms with E-state index < -0.39 is 10.0 Å². The number of benzene rings is 2. The Hall–Kier alpha value is -3.00. The molecule has 0 atom stereocenters. The lowest BCUT2D eigenvalue weighted by Gasteiger charge is -2.08. The molecule has 0 unspecified atom stereocenters. The van der Waals surface area contributed by atoms with Crippen LogP contribution < -0.4 is 10.0 Å². The molecule has 2 aromatic carbocycles. The number of aromatic nitrogens is 2. The van der Waals surface area contributed by atoms with E-state index in [1.54, 1.807) is 30.3 Å². The minimum absolute atomic E-state index is 0.226. The van der Waals surface area contributed by atoms with Crippen molar-refractivity contribution in [3.05, 3.63) is 66.0 Å². The van der Waals surface area contributed by atoms with E-state index in [1.165, 1.54) is 6.20 Å². The fourth-order valence-corrected chi connectivity index (χ4v) is 2.85. The molecule has 1 amide bonds. The molecule has 0 aliphatic rings. The van der Waals surface area contributed by atoms with E-state index in [2.05, 4.69) is 20.0 Å². The third kappa shape index (κ3) is 4.51. The van der Waals surface area contributed by atoms with E-state index in [9.17, 15) is 13.2 Å². The van der Waals surface area contributed by atoms with Crippen LogP contribution in [-0.2, 0) is 16.6 Å². The molecule has 0 aliphatic carbocycles. The van der Waals surface area contributed by atoms with E-state index in [0.29, 0.717) is 11.2 Å². The van der Waals surface area contributed by atoms with Crippen molar-refractivity contribution in [3.63, 3.8) is 0 Å². The molecular formula is C17H16N4O3S. The third-order valence-corrected chi connectivity index (χ3v) is 3.97. The first kappa shape index (κ1) is 16.8. The SMILES string of the molecule is CS(=O)(=O)Nc1cccc(CNC(=O)c2cnc3ccccc3n2)c1. The molecule has 25 heavy (non-hydrogen) atoms. The average molecular weight is 356 g/mol. The quantitative estimate of drug-likeness (QED) is 0.727. The number of anilines is 1. The lowest BCUT2D eigenvalue weighted by Crippen LogP contribution is -2.24. The monoisotopic (exact) mass is 356 g/mol. The van der Waals surface area contributed by atoms with Crippen LogP contribution in [0.2, 0.25) is 0 Å². The molecular weight excluding hydrogens is 340 g/mol. The van der Waals surface area contributed by atoms with Crippen LogP contribution in [0.4, 0.5) is 5.69 Å². The summed E-state index contributed by atoms with van der Waals surface area (Å²) in [6, 6.07) is 14.1. The molecule has 0 radical (unpaired) electrons. The maximum Gasteiger partial charge on any atom is 0.271 e. The Bertz CT molecular complexity index is 1030. The molecule has 7 nitrogen and oxygen atoms in total. The fraction of sp³-hybridized carbons (Fsp3) is 0.118. The maximum absolute atomic E-state index is 12.3. The van der Waals surface area contributed by atoms with Crippen molar-refractivity contribution in [2.45, 2.75) is 6.54 Å². The van der Waals surface area contributed by atoms with Crippen molar-refractivity contribution in [2.24, 2.45) is 0 Å². The molecule has 1 aromatic heterocycles. The zero-order valence-electron chi connectivity index (χ0n) is 13.4. The van der Waals surface area contributed by atoms with Crippen LogP contribution >= 0.6 is 0 Å². The average Bonchev–Trinajstić information content (AvgIpc) is 2.58. The number of fused-ring (bicyclic) bond motifs is 1. The van der Waals surface area contributed by atoms with Gasteiger partial charge in [-0.3, -0.25) is 14.5 Å². The van der Waals surface area contributed by atoms with Crippen LogP contribution in [0.15, 0.2) is 54.7 Å². The van der Waals surface area contributed by atoms with E-state index in [-0.39, 0.29) is 18.1 Å². The number of sulfonamides is 1. The van der Waals surface area contributed by atoms with Gasteiger partial charge in [-0.2, -0.15) is 0 Å². The number of carbonyl (C=O) groups excluding carboxylic acids is 1. The van der Waals surface area contributed by atoms with Gasteiger partial charge in [0.25, 0.3) is 5.91 Å². The Balaban J connectivity index is 1.70. The van der Waals surface area contributed by atoms with E-state index >= 15 is 0 Å². The summed E-state index contributed by atoms with van der Waals surface area (Å²) in [5, 5.41) is 2.75. The van der Waals surface area contributed by atoms with Crippen LogP contribution in [-0.4, -0.2) is 30.5 Å². The highest BCUT2D eigenvalue weighted by Gasteiger charge is 2.09. The molecule has 0 saturated heterocycles. The predicted molar refractivity (Wildman–Crippen MR) is 95.6 cm³/mol. The summed E-state index contributed by atoms with van der Waals surface area (Å²) in [6.07, 6.45) is 2.51. The number of nitrogens with one attached hydrogen (secondary N) is 2. The van der Waals surface area contributed by atoms with Gasteiger partial charge in [-0.1, -0.05) is 24.3 Å². The minimum Gasteiger partial charge on any atom is -0.347 e. The summed E-state index contributed by atoms with van der Waals surface area (Å²) in [4.78, 5) is 20.7. The van der Waals surface area contributed by atoms with Crippen molar-refractivity contribution in [1.29, 1.82) is 0 Å². The van der Waals surface area contributed by atoms with Crippen molar-refractivity contribution in [1.82, 2.24) is 15.3 Å². The van der Waals surface area contributed by atoms with Gasteiger partial charge < -0.3 is 5.32 Å². The van der Waals surface area contributed by atoms with Gasteiger partial charge >= 0.3 is 0 Å². The zero-order chi connectivity index (χ0) is 17.9. The molecule has 3 aromatic rings. The van der Waals surface area contributed by atoms with Crippen LogP contribution in [0.3, 0.4) is 0 Å². The molecule has 128 valence electrons. The third-order valence-electron chi connectivity index (χ3n) is 3.36. The molecule has 8 heteroatoms.